The van der Waals surface area contributed by atoms with Crippen LogP contribution in [0.5, 0.6) is 0 Å². The van der Waals surface area contributed by atoms with Crippen molar-refractivity contribution in [1.29, 1.82) is 5.26 Å². The van der Waals surface area contributed by atoms with Crippen LogP contribution in [0.2, 0.25) is 0 Å². The molecule has 0 fully saturated rings. The van der Waals surface area contributed by atoms with Gasteiger partial charge in [-0.2, -0.15) is 5.26 Å². The molecule has 0 aliphatic carbocycles. The molecule has 1 N–H and O–H groups in total. The zero-order valence-electron chi connectivity index (χ0n) is 13.7. The second kappa shape index (κ2) is 8.12. The molecule has 124 valence electrons. The number of hydrogen-bond acceptors (Lipinski definition) is 2. The number of carbonyl (C=O) groups is 1. The van der Waals surface area contributed by atoms with E-state index in [0.29, 0.717) is 6.42 Å². The smallest absolute Gasteiger partial charge is 0.307 e. The molecule has 3 unspecified atom stereocenters. The first kappa shape index (κ1) is 18.2. The Bertz CT molecular complexity index is 752. The number of benzene rings is 2. The molecule has 0 saturated heterocycles. The van der Waals surface area contributed by atoms with Crippen molar-refractivity contribution < 1.29 is 9.90 Å². The number of aliphatic carboxylic acids is 1. The summed E-state index contributed by atoms with van der Waals surface area (Å²) in [4.78, 5) is 11.8. The lowest BCUT2D eigenvalue weighted by atomic mass is 9.72. The van der Waals surface area contributed by atoms with Gasteiger partial charge in [0, 0.05) is 10.4 Å². The van der Waals surface area contributed by atoms with E-state index in [0.717, 1.165) is 21.2 Å². The Morgan fingerprint density at radius 2 is 1.92 bits per heavy atom. The van der Waals surface area contributed by atoms with E-state index in [9.17, 15) is 15.2 Å². The van der Waals surface area contributed by atoms with Crippen molar-refractivity contribution in [2.24, 2.45) is 5.92 Å². The monoisotopic (exact) mass is 385 g/mol. The molecule has 0 amide bonds. The van der Waals surface area contributed by atoms with E-state index < -0.39 is 23.7 Å². The fraction of sp³-hybridized carbons (Fsp3) is 0.300. The summed E-state index contributed by atoms with van der Waals surface area (Å²) in [5, 5.41) is 19.6. The molecule has 3 nitrogen and oxygen atoms in total. The standard InChI is InChI=1S/C20H20BrNO2/c1-3-16(20(23)24)19(14-7-5-4-6-8-14)18(12-22)17-10-9-15(21)11-13(17)2/h4-11,16,18-19H,3H2,1-2H3,(H,23,24). The maximum absolute atomic E-state index is 11.8. The van der Waals surface area contributed by atoms with Crippen molar-refractivity contribution in [3.8, 4) is 6.07 Å². The normalized spacial score (nSPS) is 14.4. The number of nitriles is 1. The largest absolute Gasteiger partial charge is 0.481 e. The first-order chi connectivity index (χ1) is 11.5. The second-order valence-electron chi connectivity index (χ2n) is 5.90. The third-order valence-electron chi connectivity index (χ3n) is 4.44. The molecule has 0 heterocycles. The van der Waals surface area contributed by atoms with E-state index in [2.05, 4.69) is 22.0 Å². The summed E-state index contributed by atoms with van der Waals surface area (Å²) in [6.45, 7) is 3.81. The average molecular weight is 386 g/mol. The lowest BCUT2D eigenvalue weighted by molar-refractivity contribution is -0.142. The van der Waals surface area contributed by atoms with Gasteiger partial charge in [-0.25, -0.2) is 0 Å². The summed E-state index contributed by atoms with van der Waals surface area (Å²) in [6.07, 6.45) is 0.475. The van der Waals surface area contributed by atoms with Crippen molar-refractivity contribution in [1.82, 2.24) is 0 Å². The van der Waals surface area contributed by atoms with Crippen LogP contribution in [0.15, 0.2) is 53.0 Å². The summed E-state index contributed by atoms with van der Waals surface area (Å²) in [7, 11) is 0. The van der Waals surface area contributed by atoms with Crippen LogP contribution in [0.25, 0.3) is 0 Å². The lowest BCUT2D eigenvalue weighted by Gasteiger charge is -2.29. The molecular formula is C20H20BrNO2. The van der Waals surface area contributed by atoms with Gasteiger partial charge in [-0.05, 0) is 42.2 Å². The number of aryl methyl sites for hydroxylation is 1. The number of nitrogens with zero attached hydrogens (tertiary/aromatic N) is 1. The van der Waals surface area contributed by atoms with Crippen LogP contribution in [0.3, 0.4) is 0 Å². The summed E-state index contributed by atoms with van der Waals surface area (Å²) in [6, 6.07) is 17.6. The lowest BCUT2D eigenvalue weighted by Crippen LogP contribution is -2.26. The van der Waals surface area contributed by atoms with Gasteiger partial charge in [0.25, 0.3) is 0 Å². The second-order valence-corrected chi connectivity index (χ2v) is 6.81. The summed E-state index contributed by atoms with van der Waals surface area (Å²) in [5.74, 6) is -2.37. The molecule has 0 aromatic heterocycles. The summed E-state index contributed by atoms with van der Waals surface area (Å²) in [5.41, 5.74) is 2.76. The van der Waals surface area contributed by atoms with Crippen LogP contribution < -0.4 is 0 Å². The average Bonchev–Trinajstić information content (AvgIpc) is 2.56. The van der Waals surface area contributed by atoms with Gasteiger partial charge in [0.15, 0.2) is 0 Å². The van der Waals surface area contributed by atoms with Crippen LogP contribution in [0.4, 0.5) is 0 Å². The Morgan fingerprint density at radius 3 is 2.42 bits per heavy atom. The van der Waals surface area contributed by atoms with Crippen LogP contribution >= 0.6 is 15.9 Å². The molecule has 4 heteroatoms. The van der Waals surface area contributed by atoms with Gasteiger partial charge in [-0.3, -0.25) is 4.79 Å². The Hall–Kier alpha value is -2.12. The molecule has 0 aliphatic heterocycles. The maximum Gasteiger partial charge on any atom is 0.307 e. The molecule has 2 aromatic rings. The topological polar surface area (TPSA) is 61.1 Å². The number of carboxylic acid groups (broad SMARTS) is 1. The van der Waals surface area contributed by atoms with Crippen molar-refractivity contribution in [2.75, 3.05) is 0 Å². The molecular weight excluding hydrogens is 366 g/mol. The van der Waals surface area contributed by atoms with Gasteiger partial charge in [0.1, 0.15) is 0 Å². The SMILES string of the molecule is CCC(C(=O)O)C(c1ccccc1)C(C#N)c1ccc(Br)cc1C. The summed E-state index contributed by atoms with van der Waals surface area (Å²) < 4.78 is 0.946. The third kappa shape index (κ3) is 3.85. The van der Waals surface area contributed by atoms with E-state index in [1.165, 1.54) is 0 Å². The zero-order valence-corrected chi connectivity index (χ0v) is 15.3. The molecule has 0 radical (unpaired) electrons. The molecule has 2 rings (SSSR count). The molecule has 24 heavy (non-hydrogen) atoms. The van der Waals surface area contributed by atoms with Gasteiger partial charge in [0.05, 0.1) is 17.9 Å². The van der Waals surface area contributed by atoms with Crippen molar-refractivity contribution in [3.63, 3.8) is 0 Å². The van der Waals surface area contributed by atoms with Crippen LogP contribution in [-0.4, -0.2) is 11.1 Å². The number of carboxylic acids is 1. The van der Waals surface area contributed by atoms with Crippen LogP contribution in [-0.2, 0) is 4.79 Å². The minimum Gasteiger partial charge on any atom is -0.481 e. The van der Waals surface area contributed by atoms with Gasteiger partial charge < -0.3 is 5.11 Å². The van der Waals surface area contributed by atoms with E-state index in [1.807, 2.05) is 62.4 Å². The fourth-order valence-corrected chi connectivity index (χ4v) is 3.72. The fourth-order valence-electron chi connectivity index (χ4n) is 3.25. The highest BCUT2D eigenvalue weighted by molar-refractivity contribution is 9.10. The number of hydrogen-bond donors (Lipinski definition) is 1. The third-order valence-corrected chi connectivity index (χ3v) is 4.93. The molecule has 2 aromatic carbocycles. The van der Waals surface area contributed by atoms with Gasteiger partial charge in [-0.1, -0.05) is 59.3 Å². The van der Waals surface area contributed by atoms with Crippen molar-refractivity contribution in [2.45, 2.75) is 32.1 Å². The van der Waals surface area contributed by atoms with E-state index >= 15 is 0 Å². The zero-order chi connectivity index (χ0) is 17.7. The summed E-state index contributed by atoms with van der Waals surface area (Å²) >= 11 is 3.44. The first-order valence-electron chi connectivity index (χ1n) is 7.93. The number of halogens is 1. The van der Waals surface area contributed by atoms with Gasteiger partial charge in [0.2, 0.25) is 0 Å². The highest BCUT2D eigenvalue weighted by atomic mass is 79.9. The van der Waals surface area contributed by atoms with Crippen LogP contribution in [0, 0.1) is 24.2 Å². The Morgan fingerprint density at radius 1 is 1.25 bits per heavy atom. The number of rotatable bonds is 6. The van der Waals surface area contributed by atoms with Crippen molar-refractivity contribution in [3.05, 3.63) is 69.7 Å². The van der Waals surface area contributed by atoms with Gasteiger partial charge in [-0.15, -0.1) is 0 Å². The first-order valence-corrected chi connectivity index (χ1v) is 8.72. The molecule has 0 aliphatic rings. The van der Waals surface area contributed by atoms with Crippen molar-refractivity contribution >= 4 is 21.9 Å². The maximum atomic E-state index is 11.8. The predicted octanol–water partition coefficient (Wildman–Crippen LogP) is 5.26. The molecule has 0 saturated carbocycles. The molecule has 0 spiro atoms. The molecule has 3 atom stereocenters. The minimum atomic E-state index is -0.860. The Labute approximate surface area is 151 Å². The highest BCUT2D eigenvalue weighted by Crippen LogP contribution is 2.41. The predicted molar refractivity (Wildman–Crippen MR) is 97.8 cm³/mol. The van der Waals surface area contributed by atoms with Gasteiger partial charge >= 0.3 is 5.97 Å². The Kier molecular flexibility index (Phi) is 6.16. The van der Waals surface area contributed by atoms with E-state index in [1.54, 1.807) is 0 Å². The van der Waals surface area contributed by atoms with Crippen LogP contribution in [0.1, 0.15) is 41.9 Å². The Balaban J connectivity index is 2.59. The van der Waals surface area contributed by atoms with E-state index in [-0.39, 0.29) is 0 Å². The van der Waals surface area contributed by atoms with E-state index in [4.69, 9.17) is 0 Å². The highest BCUT2D eigenvalue weighted by Gasteiger charge is 2.36. The quantitative estimate of drug-likeness (QED) is 0.737. The minimum absolute atomic E-state index is 0.390. The molecule has 0 bridgehead atoms.